The summed E-state index contributed by atoms with van der Waals surface area (Å²) in [6, 6.07) is 12.3. The van der Waals surface area contributed by atoms with Gasteiger partial charge in [0.05, 0.1) is 18.6 Å². The van der Waals surface area contributed by atoms with Crippen LogP contribution < -0.4 is 0 Å². The highest BCUT2D eigenvalue weighted by molar-refractivity contribution is 9.10. The van der Waals surface area contributed by atoms with Gasteiger partial charge in [-0.2, -0.15) is 0 Å². The zero-order valence-electron chi connectivity index (χ0n) is 11.7. The Balaban J connectivity index is 1.84. The van der Waals surface area contributed by atoms with E-state index in [1.165, 1.54) is 5.39 Å². The average Bonchev–Trinajstić information content (AvgIpc) is 3.12. The molecule has 0 aliphatic heterocycles. The average molecular weight is 353 g/mol. The molecule has 0 atom stereocenters. The van der Waals surface area contributed by atoms with Crippen LogP contribution in [0.1, 0.15) is 5.56 Å². The van der Waals surface area contributed by atoms with E-state index < -0.39 is 0 Å². The monoisotopic (exact) mass is 352 g/mol. The molecular weight excluding hydrogens is 340 g/mol. The van der Waals surface area contributed by atoms with Gasteiger partial charge in [0.2, 0.25) is 0 Å². The minimum absolute atomic E-state index is 0.737. The van der Waals surface area contributed by atoms with Crippen LogP contribution in [0.2, 0.25) is 0 Å². The van der Waals surface area contributed by atoms with Crippen molar-refractivity contribution >= 4 is 26.8 Å². The number of aromatic amines is 1. The van der Waals surface area contributed by atoms with Crippen LogP contribution in [0.4, 0.5) is 0 Å². The molecule has 0 radical (unpaired) electrons. The number of nitrogens with zero attached hydrogens (tertiary/aromatic N) is 3. The van der Waals surface area contributed by atoms with Gasteiger partial charge in [-0.15, -0.1) is 0 Å². The molecule has 1 N–H and O–H groups in total. The summed E-state index contributed by atoms with van der Waals surface area (Å²) in [5, 5.41) is 1.19. The number of H-pyrrole nitrogens is 1. The van der Waals surface area contributed by atoms with Gasteiger partial charge in [0.25, 0.3) is 0 Å². The molecule has 5 heteroatoms. The lowest BCUT2D eigenvalue weighted by molar-refractivity contribution is 0.801. The Bertz CT molecular complexity index is 924. The highest BCUT2D eigenvalue weighted by atomic mass is 79.9. The summed E-state index contributed by atoms with van der Waals surface area (Å²) in [4.78, 5) is 11.9. The van der Waals surface area contributed by atoms with Crippen LogP contribution in [0.15, 0.2) is 65.9 Å². The van der Waals surface area contributed by atoms with E-state index in [1.807, 2.05) is 30.9 Å². The van der Waals surface area contributed by atoms with E-state index in [9.17, 15) is 0 Å². The largest absolute Gasteiger partial charge is 0.360 e. The predicted octanol–water partition coefficient (Wildman–Crippen LogP) is 4.24. The van der Waals surface area contributed by atoms with Crippen LogP contribution in [0, 0.1) is 0 Å². The van der Waals surface area contributed by atoms with E-state index >= 15 is 0 Å². The minimum atomic E-state index is 0.737. The number of hydrogen-bond acceptors (Lipinski definition) is 2. The number of hydrogen-bond donors (Lipinski definition) is 1. The second-order valence-electron chi connectivity index (χ2n) is 5.12. The Hall–Kier alpha value is -2.40. The first kappa shape index (κ1) is 13.3. The molecular formula is C17H13BrN4. The molecule has 22 heavy (non-hydrogen) atoms. The highest BCUT2D eigenvalue weighted by Gasteiger charge is 2.15. The molecule has 4 aromatic rings. The van der Waals surface area contributed by atoms with Crippen molar-refractivity contribution < 1.29 is 0 Å². The maximum atomic E-state index is 4.42. The van der Waals surface area contributed by atoms with Gasteiger partial charge in [-0.3, -0.25) is 4.98 Å². The lowest BCUT2D eigenvalue weighted by Gasteiger charge is -2.08. The van der Waals surface area contributed by atoms with E-state index in [4.69, 9.17) is 0 Å². The highest BCUT2D eigenvalue weighted by Crippen LogP contribution is 2.33. The zero-order chi connectivity index (χ0) is 14.9. The Morgan fingerprint density at radius 2 is 2.05 bits per heavy atom. The van der Waals surface area contributed by atoms with Gasteiger partial charge in [0.1, 0.15) is 4.60 Å². The van der Waals surface area contributed by atoms with Gasteiger partial charge in [-0.05, 0) is 33.6 Å². The number of pyridine rings is 1. The smallest absolute Gasteiger partial charge is 0.132 e. The first-order chi connectivity index (χ1) is 10.8. The third-order valence-electron chi connectivity index (χ3n) is 3.71. The van der Waals surface area contributed by atoms with Crippen molar-refractivity contribution in [2.24, 2.45) is 0 Å². The van der Waals surface area contributed by atoms with Crippen molar-refractivity contribution in [3.63, 3.8) is 0 Å². The van der Waals surface area contributed by atoms with Gasteiger partial charge in [-0.1, -0.05) is 24.3 Å². The molecule has 108 valence electrons. The van der Waals surface area contributed by atoms with Crippen molar-refractivity contribution in [2.45, 2.75) is 6.54 Å². The number of imidazole rings is 1. The van der Waals surface area contributed by atoms with Crippen LogP contribution in [0.25, 0.3) is 22.2 Å². The maximum Gasteiger partial charge on any atom is 0.132 e. The van der Waals surface area contributed by atoms with Crippen molar-refractivity contribution in [1.82, 2.24) is 19.5 Å². The summed E-state index contributed by atoms with van der Waals surface area (Å²) in [6.07, 6.45) is 7.56. The third-order valence-corrected chi connectivity index (χ3v) is 4.29. The van der Waals surface area contributed by atoms with Crippen molar-refractivity contribution in [3.05, 3.63) is 71.5 Å². The predicted molar refractivity (Wildman–Crippen MR) is 90.6 cm³/mol. The molecule has 0 amide bonds. The first-order valence-corrected chi connectivity index (χ1v) is 7.78. The number of nitrogens with one attached hydrogen (secondary N) is 1. The molecule has 0 saturated heterocycles. The molecule has 0 unspecified atom stereocenters. The van der Waals surface area contributed by atoms with Crippen LogP contribution >= 0.6 is 15.9 Å². The number of para-hydroxylation sites is 1. The van der Waals surface area contributed by atoms with Crippen LogP contribution in [0.3, 0.4) is 0 Å². The summed E-state index contributed by atoms with van der Waals surface area (Å²) in [5.74, 6) is 0. The molecule has 4 rings (SSSR count). The minimum Gasteiger partial charge on any atom is -0.360 e. The Kier molecular flexibility index (Phi) is 3.27. The summed E-state index contributed by atoms with van der Waals surface area (Å²) in [5.41, 5.74) is 4.48. The third kappa shape index (κ3) is 2.23. The summed E-state index contributed by atoms with van der Waals surface area (Å²) < 4.78 is 2.98. The van der Waals surface area contributed by atoms with Crippen LogP contribution in [-0.2, 0) is 6.54 Å². The van der Waals surface area contributed by atoms with E-state index in [2.05, 4.69) is 59.7 Å². The quantitative estimate of drug-likeness (QED) is 0.599. The summed E-state index contributed by atoms with van der Waals surface area (Å²) in [6.45, 7) is 0.737. The molecule has 0 saturated carbocycles. The topological polar surface area (TPSA) is 46.5 Å². The second-order valence-corrected chi connectivity index (χ2v) is 5.87. The number of benzene rings is 1. The molecule has 3 heterocycles. The van der Waals surface area contributed by atoms with Crippen molar-refractivity contribution in [1.29, 1.82) is 0 Å². The summed E-state index contributed by atoms with van der Waals surface area (Å²) >= 11 is 3.58. The zero-order valence-corrected chi connectivity index (χ0v) is 13.3. The molecule has 4 nitrogen and oxygen atoms in total. The Morgan fingerprint density at radius 3 is 2.91 bits per heavy atom. The van der Waals surface area contributed by atoms with E-state index in [0.29, 0.717) is 0 Å². The van der Waals surface area contributed by atoms with E-state index in [0.717, 1.165) is 33.5 Å². The van der Waals surface area contributed by atoms with E-state index in [-0.39, 0.29) is 0 Å². The Morgan fingerprint density at radius 1 is 1.14 bits per heavy atom. The number of fused-ring (bicyclic) bond motifs is 1. The van der Waals surface area contributed by atoms with Gasteiger partial charge < -0.3 is 9.55 Å². The number of rotatable bonds is 3. The fraction of sp³-hybridized carbons (Fsp3) is 0.0588. The molecule has 0 aliphatic rings. The fourth-order valence-corrected chi connectivity index (χ4v) is 3.23. The SMILES string of the molecule is Brc1ncn(Cc2cccnc2)c1-c1c[nH]c2ccccc12. The maximum absolute atomic E-state index is 4.42. The first-order valence-electron chi connectivity index (χ1n) is 6.99. The summed E-state index contributed by atoms with van der Waals surface area (Å²) in [7, 11) is 0. The second kappa shape index (κ2) is 5.42. The van der Waals surface area contributed by atoms with E-state index in [1.54, 1.807) is 6.20 Å². The molecule has 1 aromatic carbocycles. The van der Waals surface area contributed by atoms with Crippen LogP contribution in [0.5, 0.6) is 0 Å². The Labute approximate surface area is 136 Å². The molecule has 0 bridgehead atoms. The van der Waals surface area contributed by atoms with Gasteiger partial charge >= 0.3 is 0 Å². The standard InChI is InChI=1S/C17H13BrN4/c18-17-16(14-9-20-15-6-2-1-5-13(14)15)22(11-21-17)10-12-4-3-7-19-8-12/h1-9,11,20H,10H2. The molecule has 0 aliphatic carbocycles. The van der Waals surface area contributed by atoms with Gasteiger partial charge in [-0.25, -0.2) is 4.98 Å². The fourth-order valence-electron chi connectivity index (χ4n) is 2.70. The van der Waals surface area contributed by atoms with Crippen LogP contribution in [-0.4, -0.2) is 19.5 Å². The van der Waals surface area contributed by atoms with Crippen molar-refractivity contribution in [2.75, 3.05) is 0 Å². The molecule has 0 fully saturated rings. The van der Waals surface area contributed by atoms with Gasteiger partial charge in [0, 0.05) is 35.1 Å². The van der Waals surface area contributed by atoms with Crippen molar-refractivity contribution in [3.8, 4) is 11.3 Å². The lowest BCUT2D eigenvalue weighted by atomic mass is 10.1. The van der Waals surface area contributed by atoms with Gasteiger partial charge in [0.15, 0.2) is 0 Å². The molecule has 0 spiro atoms. The lowest BCUT2D eigenvalue weighted by Crippen LogP contribution is -2.00. The number of aromatic nitrogens is 4. The molecule has 3 aromatic heterocycles. The normalized spacial score (nSPS) is 11.1. The number of halogens is 1.